The fourth-order valence-electron chi connectivity index (χ4n) is 9.16. The molecule has 5 nitrogen and oxygen atoms in total. The summed E-state index contributed by atoms with van der Waals surface area (Å²) in [7, 11) is 0. The molecule has 0 aromatic heterocycles. The van der Waals surface area contributed by atoms with E-state index in [0.29, 0.717) is 12.8 Å². The van der Waals surface area contributed by atoms with Crippen LogP contribution in [0.5, 0.6) is 0 Å². The lowest BCUT2D eigenvalue weighted by Crippen LogP contribution is -2.28. The van der Waals surface area contributed by atoms with Gasteiger partial charge in [-0.25, -0.2) is 0 Å². The van der Waals surface area contributed by atoms with Crippen molar-refractivity contribution in [1.29, 1.82) is 0 Å². The third-order valence-electron chi connectivity index (χ3n) is 13.9. The van der Waals surface area contributed by atoms with Crippen LogP contribution in [-0.4, -0.2) is 36.4 Å². The van der Waals surface area contributed by atoms with Gasteiger partial charge in [-0.1, -0.05) is 317 Å². The van der Waals surface area contributed by atoms with Crippen LogP contribution in [0.2, 0.25) is 0 Å². The largest absolute Gasteiger partial charge is 0.462 e. The molecule has 0 heterocycles. The van der Waals surface area contributed by atoms with Crippen molar-refractivity contribution in [2.24, 2.45) is 0 Å². The molecule has 0 bridgehead atoms. The predicted octanol–water partition coefficient (Wildman–Crippen LogP) is 21.9. The fourth-order valence-corrected chi connectivity index (χ4v) is 9.16. The third-order valence-corrected chi connectivity index (χ3v) is 13.9. The lowest BCUT2D eigenvalue weighted by molar-refractivity contribution is -0.161. The van der Waals surface area contributed by atoms with Crippen molar-refractivity contribution in [3.63, 3.8) is 0 Å². The van der Waals surface area contributed by atoms with Crippen LogP contribution < -0.4 is 0 Å². The molecule has 0 aliphatic carbocycles. The Kier molecular flexibility index (Phi) is 61.4. The minimum absolute atomic E-state index is 0.0678. The quantitative estimate of drug-likeness (QED) is 0.0373. The highest BCUT2D eigenvalue weighted by molar-refractivity contribution is 5.70. The predicted molar refractivity (Wildman–Crippen MR) is 325 cm³/mol. The van der Waals surface area contributed by atoms with Crippen molar-refractivity contribution in [2.45, 2.75) is 315 Å². The Morgan fingerprint density at radius 2 is 0.581 bits per heavy atom. The first-order valence-corrected chi connectivity index (χ1v) is 31.8. The van der Waals surface area contributed by atoms with Crippen molar-refractivity contribution >= 4 is 11.9 Å². The number of unbranched alkanes of at least 4 members (excludes halogenated alkanes) is 34. The number of allylic oxidation sites excluding steroid dienone is 16. The Balaban J connectivity index is 3.51. The summed E-state index contributed by atoms with van der Waals surface area (Å²) in [5, 5.41) is 9.68. The van der Waals surface area contributed by atoms with Gasteiger partial charge < -0.3 is 14.6 Å². The van der Waals surface area contributed by atoms with Crippen molar-refractivity contribution in [3.05, 3.63) is 97.2 Å². The van der Waals surface area contributed by atoms with Gasteiger partial charge in [0.25, 0.3) is 0 Å². The molecule has 0 aliphatic rings. The van der Waals surface area contributed by atoms with Crippen molar-refractivity contribution in [1.82, 2.24) is 0 Å². The lowest BCUT2D eigenvalue weighted by Gasteiger charge is -2.15. The summed E-state index contributed by atoms with van der Waals surface area (Å²) in [6, 6.07) is 0. The van der Waals surface area contributed by atoms with Crippen molar-refractivity contribution in [2.75, 3.05) is 13.2 Å². The van der Waals surface area contributed by atoms with Gasteiger partial charge in [0.1, 0.15) is 6.61 Å². The van der Waals surface area contributed by atoms with Crippen LogP contribution in [0, 0.1) is 0 Å². The Bertz CT molecular complexity index is 1400. The number of carbonyl (C=O) groups is 2. The fraction of sp³-hybridized carbons (Fsp3) is 0.739. The van der Waals surface area contributed by atoms with Crippen LogP contribution in [0.15, 0.2) is 97.2 Å². The van der Waals surface area contributed by atoms with E-state index >= 15 is 0 Å². The third kappa shape index (κ3) is 61.4. The van der Waals surface area contributed by atoms with Crippen LogP contribution >= 0.6 is 0 Å². The first kappa shape index (κ1) is 70.8. The number of aliphatic hydroxyl groups is 1. The van der Waals surface area contributed by atoms with Crippen LogP contribution in [0.4, 0.5) is 0 Å². The Labute approximate surface area is 459 Å². The average Bonchev–Trinajstić information content (AvgIpc) is 3.40. The average molecular weight is 1030 g/mol. The van der Waals surface area contributed by atoms with E-state index in [9.17, 15) is 14.7 Å². The smallest absolute Gasteiger partial charge is 0.306 e. The molecule has 0 saturated carbocycles. The molecular formula is C69H120O5. The molecule has 1 N–H and O–H groups in total. The van der Waals surface area contributed by atoms with E-state index in [1.807, 2.05) is 0 Å². The topological polar surface area (TPSA) is 72.8 Å². The summed E-state index contributed by atoms with van der Waals surface area (Å²) in [5.74, 6) is -0.586. The Morgan fingerprint density at radius 1 is 0.324 bits per heavy atom. The Hall–Kier alpha value is -3.18. The van der Waals surface area contributed by atoms with Gasteiger partial charge in [0.15, 0.2) is 6.10 Å². The van der Waals surface area contributed by atoms with Gasteiger partial charge in [0.05, 0.1) is 6.61 Å². The Morgan fingerprint density at radius 3 is 0.878 bits per heavy atom. The van der Waals surface area contributed by atoms with E-state index < -0.39 is 6.10 Å². The SMILES string of the molecule is CC/C=C\C/C=C\C/C=C\C/C=C\C/C=C\C/C=C\C/C=C\C/C=C\CCCCCCCCCCCCC(=O)OC(CO)COC(=O)CCCCCCCCCCCCCCCCCCCCCCCCCCC. The summed E-state index contributed by atoms with van der Waals surface area (Å²) in [5.41, 5.74) is 0. The van der Waals surface area contributed by atoms with Crippen molar-refractivity contribution in [3.8, 4) is 0 Å². The highest BCUT2D eigenvalue weighted by Crippen LogP contribution is 2.17. The van der Waals surface area contributed by atoms with Crippen LogP contribution in [0.1, 0.15) is 309 Å². The lowest BCUT2D eigenvalue weighted by atomic mass is 10.0. The number of esters is 2. The molecule has 426 valence electrons. The van der Waals surface area contributed by atoms with Crippen LogP contribution in [-0.2, 0) is 19.1 Å². The summed E-state index contributed by atoms with van der Waals surface area (Å²) in [4.78, 5) is 24.6. The van der Waals surface area contributed by atoms with Gasteiger partial charge in [-0.15, -0.1) is 0 Å². The second-order valence-corrected chi connectivity index (χ2v) is 21.1. The zero-order valence-corrected chi connectivity index (χ0v) is 48.8. The van der Waals surface area contributed by atoms with Gasteiger partial charge >= 0.3 is 11.9 Å². The molecule has 1 atom stereocenters. The second kappa shape index (κ2) is 64.1. The summed E-state index contributed by atoms with van der Waals surface area (Å²) >= 11 is 0. The van der Waals surface area contributed by atoms with Crippen LogP contribution in [0.25, 0.3) is 0 Å². The molecule has 0 saturated heterocycles. The summed E-state index contributed by atoms with van der Waals surface area (Å²) < 4.78 is 10.7. The number of ether oxygens (including phenoxy) is 2. The maximum Gasteiger partial charge on any atom is 0.306 e. The zero-order valence-electron chi connectivity index (χ0n) is 48.8. The number of aliphatic hydroxyl groups excluding tert-OH is 1. The number of hydrogen-bond acceptors (Lipinski definition) is 5. The standard InChI is InChI=1S/C69H120O5/c1-3-5-7-9-11-13-15-17-19-21-23-25-27-29-30-31-32-33-34-35-36-37-38-40-42-44-46-48-50-52-54-56-58-60-62-64-69(72)74-67(65-70)66-73-68(71)63-61-59-57-55-53-51-49-47-45-43-41-39-28-26-24-22-20-18-16-14-12-10-8-6-4-2/h5,7,11,13,17,19,23,25,29-30,32-33,35-36,38,40,67,70H,3-4,6,8-10,12,14-16,18,20-22,24,26-28,31,34,37,39,41-66H2,1-2H3/b7-5-,13-11-,19-17-,25-23-,30-29-,33-32-,36-35-,40-38-. The zero-order chi connectivity index (χ0) is 53.4. The molecule has 1 unspecified atom stereocenters. The molecule has 0 spiro atoms. The van der Waals surface area contributed by atoms with E-state index in [4.69, 9.17) is 9.47 Å². The molecule has 74 heavy (non-hydrogen) atoms. The van der Waals surface area contributed by atoms with Gasteiger partial charge in [0, 0.05) is 12.8 Å². The van der Waals surface area contributed by atoms with E-state index in [1.165, 1.54) is 193 Å². The van der Waals surface area contributed by atoms with E-state index in [-0.39, 0.29) is 25.2 Å². The minimum Gasteiger partial charge on any atom is -0.462 e. The maximum atomic E-state index is 12.3. The number of hydrogen-bond donors (Lipinski definition) is 1. The first-order valence-electron chi connectivity index (χ1n) is 31.8. The summed E-state index contributed by atoms with van der Waals surface area (Å²) in [6.07, 6.45) is 91.2. The minimum atomic E-state index is -0.779. The first-order chi connectivity index (χ1) is 36.6. The van der Waals surface area contributed by atoms with Gasteiger partial charge in [-0.2, -0.15) is 0 Å². The highest BCUT2D eigenvalue weighted by atomic mass is 16.6. The number of rotatable bonds is 58. The number of carbonyl (C=O) groups excluding carboxylic acids is 2. The molecule has 0 amide bonds. The second-order valence-electron chi connectivity index (χ2n) is 21.1. The molecule has 0 aromatic rings. The van der Waals surface area contributed by atoms with Gasteiger partial charge in [-0.05, 0) is 77.0 Å². The maximum absolute atomic E-state index is 12.3. The molecule has 0 aliphatic heterocycles. The molecule has 5 heteroatoms. The summed E-state index contributed by atoms with van der Waals surface area (Å²) in [6.45, 7) is 4.06. The molecule has 0 radical (unpaired) electrons. The van der Waals surface area contributed by atoms with E-state index in [2.05, 4.69) is 111 Å². The van der Waals surface area contributed by atoms with Gasteiger partial charge in [0.2, 0.25) is 0 Å². The van der Waals surface area contributed by atoms with Gasteiger partial charge in [-0.3, -0.25) is 9.59 Å². The van der Waals surface area contributed by atoms with E-state index in [0.717, 1.165) is 89.9 Å². The molecule has 0 rings (SSSR count). The molecular weight excluding hydrogens is 909 g/mol. The molecule has 0 fully saturated rings. The van der Waals surface area contributed by atoms with E-state index in [1.54, 1.807) is 0 Å². The highest BCUT2D eigenvalue weighted by Gasteiger charge is 2.16. The monoisotopic (exact) mass is 1030 g/mol. The molecule has 0 aromatic carbocycles. The normalized spacial score (nSPS) is 12.9. The van der Waals surface area contributed by atoms with Crippen molar-refractivity contribution < 1.29 is 24.2 Å². The van der Waals surface area contributed by atoms with Crippen LogP contribution in [0.3, 0.4) is 0 Å².